The highest BCUT2D eigenvalue weighted by Gasteiger charge is 2.27. The predicted octanol–water partition coefficient (Wildman–Crippen LogP) is 0.714. The van der Waals surface area contributed by atoms with Crippen molar-refractivity contribution in [2.24, 2.45) is 11.7 Å². The van der Waals surface area contributed by atoms with E-state index < -0.39 is 0 Å². The number of nitrogens with zero attached hydrogens (tertiary/aromatic N) is 1. The summed E-state index contributed by atoms with van der Waals surface area (Å²) in [6.07, 6.45) is 6.48. The molecule has 4 heteroatoms. The summed E-state index contributed by atoms with van der Waals surface area (Å²) in [7, 11) is 2.14. The molecule has 2 fully saturated rings. The molecular formula is C13H25N3O. The van der Waals surface area contributed by atoms with E-state index in [-0.39, 0.29) is 11.9 Å². The van der Waals surface area contributed by atoms with Gasteiger partial charge in [-0.25, -0.2) is 0 Å². The van der Waals surface area contributed by atoms with Gasteiger partial charge in [-0.1, -0.05) is 6.42 Å². The van der Waals surface area contributed by atoms with Crippen LogP contribution < -0.4 is 11.1 Å². The lowest BCUT2D eigenvalue weighted by Gasteiger charge is -2.20. The van der Waals surface area contributed by atoms with Crippen molar-refractivity contribution in [1.82, 2.24) is 10.2 Å². The first kappa shape index (κ1) is 12.8. The SMILES string of the molecule is CN1CCCC1CNC(=O)C[C@@H]1CCC[C@H]1N. The summed E-state index contributed by atoms with van der Waals surface area (Å²) < 4.78 is 0. The van der Waals surface area contributed by atoms with Crippen molar-refractivity contribution in [1.29, 1.82) is 0 Å². The zero-order valence-corrected chi connectivity index (χ0v) is 10.8. The third-order valence-electron chi connectivity index (χ3n) is 4.37. The number of rotatable bonds is 4. The zero-order chi connectivity index (χ0) is 12.3. The summed E-state index contributed by atoms with van der Waals surface area (Å²) in [6, 6.07) is 0.783. The fraction of sp³-hybridized carbons (Fsp3) is 0.923. The minimum Gasteiger partial charge on any atom is -0.355 e. The second-order valence-electron chi connectivity index (χ2n) is 5.64. The van der Waals surface area contributed by atoms with E-state index in [9.17, 15) is 4.79 Å². The molecule has 0 bridgehead atoms. The molecule has 0 spiro atoms. The fourth-order valence-electron chi connectivity index (χ4n) is 3.10. The normalized spacial score (nSPS) is 34.1. The average Bonchev–Trinajstić information content (AvgIpc) is 2.86. The Kier molecular flexibility index (Phi) is 4.40. The summed E-state index contributed by atoms with van der Waals surface area (Å²) in [5.41, 5.74) is 5.98. The number of likely N-dealkylation sites (tertiary alicyclic amines) is 1. The van der Waals surface area contributed by atoms with Gasteiger partial charge < -0.3 is 16.0 Å². The van der Waals surface area contributed by atoms with Gasteiger partial charge in [-0.2, -0.15) is 0 Å². The molecule has 17 heavy (non-hydrogen) atoms. The molecule has 3 N–H and O–H groups in total. The summed E-state index contributed by atoms with van der Waals surface area (Å²) in [4.78, 5) is 14.2. The molecule has 0 radical (unpaired) electrons. The summed E-state index contributed by atoms with van der Waals surface area (Å²) >= 11 is 0. The van der Waals surface area contributed by atoms with Crippen LogP contribution in [0, 0.1) is 5.92 Å². The minimum atomic E-state index is 0.188. The molecule has 1 unspecified atom stereocenters. The Balaban J connectivity index is 1.67. The van der Waals surface area contributed by atoms with Crippen molar-refractivity contribution in [3.05, 3.63) is 0 Å². The van der Waals surface area contributed by atoms with Crippen LogP contribution in [0.15, 0.2) is 0 Å². The molecule has 98 valence electrons. The van der Waals surface area contributed by atoms with Gasteiger partial charge in [-0.15, -0.1) is 0 Å². The maximum atomic E-state index is 11.8. The highest BCUT2D eigenvalue weighted by Crippen LogP contribution is 2.26. The first-order valence-corrected chi connectivity index (χ1v) is 6.89. The molecule has 1 heterocycles. The van der Waals surface area contributed by atoms with Gasteiger partial charge in [0.2, 0.25) is 5.91 Å². The smallest absolute Gasteiger partial charge is 0.220 e. The van der Waals surface area contributed by atoms with Crippen LogP contribution in [0.1, 0.15) is 38.5 Å². The molecule has 0 aromatic rings. The molecule has 4 nitrogen and oxygen atoms in total. The molecule has 1 saturated carbocycles. The Morgan fingerprint density at radius 1 is 1.35 bits per heavy atom. The van der Waals surface area contributed by atoms with Crippen molar-refractivity contribution < 1.29 is 4.79 Å². The number of carbonyl (C=O) groups is 1. The fourth-order valence-corrected chi connectivity index (χ4v) is 3.10. The number of hydrogen-bond donors (Lipinski definition) is 2. The Morgan fingerprint density at radius 3 is 2.76 bits per heavy atom. The first-order chi connectivity index (χ1) is 8.16. The molecule has 2 rings (SSSR count). The van der Waals surface area contributed by atoms with Gasteiger partial charge in [0.1, 0.15) is 0 Å². The second kappa shape index (κ2) is 5.83. The van der Waals surface area contributed by atoms with E-state index in [0.717, 1.165) is 25.9 Å². The second-order valence-corrected chi connectivity index (χ2v) is 5.64. The number of likely N-dealkylation sites (N-methyl/N-ethyl adjacent to an activating group) is 1. The van der Waals surface area contributed by atoms with Crippen LogP contribution in [0.5, 0.6) is 0 Å². The van der Waals surface area contributed by atoms with Crippen LogP contribution >= 0.6 is 0 Å². The van der Waals surface area contributed by atoms with Gasteiger partial charge in [-0.05, 0) is 45.2 Å². The van der Waals surface area contributed by atoms with Crippen LogP contribution in [-0.2, 0) is 4.79 Å². The van der Waals surface area contributed by atoms with Gasteiger partial charge in [0.15, 0.2) is 0 Å². The number of hydrogen-bond acceptors (Lipinski definition) is 3. The van der Waals surface area contributed by atoms with E-state index >= 15 is 0 Å². The summed E-state index contributed by atoms with van der Waals surface area (Å²) in [5.74, 6) is 0.601. The lowest BCUT2D eigenvalue weighted by atomic mass is 10.00. The highest BCUT2D eigenvalue weighted by molar-refractivity contribution is 5.76. The minimum absolute atomic E-state index is 0.188. The van der Waals surface area contributed by atoms with Crippen molar-refractivity contribution in [3.63, 3.8) is 0 Å². The summed E-state index contributed by atoms with van der Waals surface area (Å²) in [6.45, 7) is 1.96. The van der Waals surface area contributed by atoms with Gasteiger partial charge in [0.25, 0.3) is 0 Å². The lowest BCUT2D eigenvalue weighted by molar-refractivity contribution is -0.122. The van der Waals surface area contributed by atoms with Crippen molar-refractivity contribution in [2.45, 2.75) is 50.6 Å². The van der Waals surface area contributed by atoms with Crippen LogP contribution in [0.4, 0.5) is 0 Å². The third-order valence-corrected chi connectivity index (χ3v) is 4.37. The molecule has 3 atom stereocenters. The maximum absolute atomic E-state index is 11.8. The lowest BCUT2D eigenvalue weighted by Crippen LogP contribution is -2.39. The number of amides is 1. The molecule has 1 saturated heterocycles. The van der Waals surface area contributed by atoms with Crippen LogP contribution in [-0.4, -0.2) is 43.0 Å². The van der Waals surface area contributed by atoms with Gasteiger partial charge in [0, 0.05) is 25.0 Å². The predicted molar refractivity (Wildman–Crippen MR) is 68.6 cm³/mol. The molecule has 1 amide bonds. The van der Waals surface area contributed by atoms with Gasteiger partial charge in [-0.3, -0.25) is 4.79 Å². The van der Waals surface area contributed by atoms with E-state index in [1.165, 1.54) is 19.3 Å². The Hall–Kier alpha value is -0.610. The maximum Gasteiger partial charge on any atom is 0.220 e. The standard InChI is InChI=1S/C13H25N3O/c1-16-7-3-5-11(16)9-15-13(17)8-10-4-2-6-12(10)14/h10-12H,2-9,14H2,1H3,(H,15,17)/t10-,11?,12+/m0/s1. The van der Waals surface area contributed by atoms with E-state index in [1.54, 1.807) is 0 Å². The quantitative estimate of drug-likeness (QED) is 0.760. The van der Waals surface area contributed by atoms with Gasteiger partial charge in [0.05, 0.1) is 0 Å². The largest absolute Gasteiger partial charge is 0.355 e. The van der Waals surface area contributed by atoms with Crippen molar-refractivity contribution >= 4 is 5.91 Å². The van der Waals surface area contributed by atoms with Crippen LogP contribution in [0.3, 0.4) is 0 Å². The van der Waals surface area contributed by atoms with E-state index in [0.29, 0.717) is 18.4 Å². The number of carbonyl (C=O) groups excluding carboxylic acids is 1. The monoisotopic (exact) mass is 239 g/mol. The number of nitrogens with one attached hydrogen (secondary N) is 1. The number of nitrogens with two attached hydrogens (primary N) is 1. The topological polar surface area (TPSA) is 58.4 Å². The van der Waals surface area contributed by atoms with Crippen LogP contribution in [0.2, 0.25) is 0 Å². The molecule has 0 aromatic carbocycles. The molecule has 2 aliphatic rings. The molecule has 0 aromatic heterocycles. The average molecular weight is 239 g/mol. The van der Waals surface area contributed by atoms with Crippen molar-refractivity contribution in [3.8, 4) is 0 Å². The third kappa shape index (κ3) is 3.42. The Morgan fingerprint density at radius 2 is 2.18 bits per heavy atom. The highest BCUT2D eigenvalue weighted by atomic mass is 16.1. The first-order valence-electron chi connectivity index (χ1n) is 6.89. The zero-order valence-electron chi connectivity index (χ0n) is 10.8. The summed E-state index contributed by atoms with van der Waals surface area (Å²) in [5, 5.41) is 3.07. The molecule has 1 aliphatic carbocycles. The molecule has 1 aliphatic heterocycles. The van der Waals surface area contributed by atoms with Crippen molar-refractivity contribution in [2.75, 3.05) is 20.1 Å². The Bertz CT molecular complexity index is 269. The van der Waals surface area contributed by atoms with E-state index in [4.69, 9.17) is 5.73 Å². The molecular weight excluding hydrogens is 214 g/mol. The van der Waals surface area contributed by atoms with Gasteiger partial charge >= 0.3 is 0 Å². The van der Waals surface area contributed by atoms with E-state index in [1.807, 2.05) is 0 Å². The van der Waals surface area contributed by atoms with E-state index in [2.05, 4.69) is 17.3 Å². The Labute approximate surface area is 104 Å². The van der Waals surface area contributed by atoms with Crippen LogP contribution in [0.25, 0.3) is 0 Å².